The summed E-state index contributed by atoms with van der Waals surface area (Å²) in [7, 11) is 0.944. The monoisotopic (exact) mass is 270 g/mol. The first-order chi connectivity index (χ1) is 9.22. The fourth-order valence-corrected chi connectivity index (χ4v) is 3.57. The van der Waals surface area contributed by atoms with E-state index in [-0.39, 0.29) is 0 Å². The van der Waals surface area contributed by atoms with Gasteiger partial charge in [-0.15, -0.1) is 8.58 Å². The van der Waals surface area contributed by atoms with Crippen LogP contribution in [-0.4, -0.2) is 6.66 Å². The minimum absolute atomic E-state index is 0.624. The third-order valence-electron chi connectivity index (χ3n) is 3.43. The zero-order valence-corrected chi connectivity index (χ0v) is 13.3. The van der Waals surface area contributed by atoms with Crippen LogP contribution in [0.1, 0.15) is 42.6 Å². The smallest absolute Gasteiger partial charge is 0.0202 e. The van der Waals surface area contributed by atoms with Gasteiger partial charge in [-0.25, -0.2) is 0 Å². The number of hydrogen-bond acceptors (Lipinski definition) is 0. The van der Waals surface area contributed by atoms with Gasteiger partial charge in [0.25, 0.3) is 0 Å². The molecule has 1 aliphatic rings. The van der Waals surface area contributed by atoms with Crippen molar-refractivity contribution in [3.63, 3.8) is 0 Å². The molecule has 0 bridgehead atoms. The molecular formula is C18H23P. The van der Waals surface area contributed by atoms with Crippen LogP contribution in [0, 0.1) is 6.92 Å². The van der Waals surface area contributed by atoms with E-state index < -0.39 is 0 Å². The average molecular weight is 270 g/mol. The van der Waals surface area contributed by atoms with E-state index in [2.05, 4.69) is 69.9 Å². The van der Waals surface area contributed by atoms with Gasteiger partial charge in [-0.3, -0.25) is 0 Å². The predicted molar refractivity (Wildman–Crippen MR) is 90.7 cm³/mol. The van der Waals surface area contributed by atoms with Crippen LogP contribution in [0.3, 0.4) is 0 Å². The molecule has 0 saturated heterocycles. The highest BCUT2D eigenvalue weighted by Gasteiger charge is 2.17. The Morgan fingerprint density at radius 2 is 1.84 bits per heavy atom. The third-order valence-corrected chi connectivity index (χ3v) is 4.53. The second-order valence-electron chi connectivity index (χ2n) is 5.07. The Bertz CT molecular complexity index is 596. The quantitative estimate of drug-likeness (QED) is 0.562. The summed E-state index contributed by atoms with van der Waals surface area (Å²) in [4.78, 5) is 0. The summed E-state index contributed by atoms with van der Waals surface area (Å²) >= 11 is 0. The van der Waals surface area contributed by atoms with E-state index in [0.29, 0.717) is 5.66 Å². The van der Waals surface area contributed by atoms with Gasteiger partial charge in [0.15, 0.2) is 0 Å². The van der Waals surface area contributed by atoms with Crippen molar-refractivity contribution in [3.05, 3.63) is 53.1 Å². The van der Waals surface area contributed by atoms with Crippen molar-refractivity contribution < 1.29 is 0 Å². The molecule has 0 heterocycles. The second kappa shape index (κ2) is 6.35. The SMILES string of the molecule is CCC.CPC1C=Cc2cccc3ccc(C)c1c23. The van der Waals surface area contributed by atoms with E-state index in [0.717, 1.165) is 8.58 Å². The number of benzene rings is 2. The molecule has 0 amide bonds. The van der Waals surface area contributed by atoms with Crippen LogP contribution < -0.4 is 0 Å². The molecule has 2 atom stereocenters. The first kappa shape index (κ1) is 14.3. The molecule has 1 heteroatoms. The lowest BCUT2D eigenvalue weighted by Gasteiger charge is -2.22. The lowest BCUT2D eigenvalue weighted by atomic mass is 9.90. The number of hydrogen-bond donors (Lipinski definition) is 0. The van der Waals surface area contributed by atoms with Crippen molar-refractivity contribution in [3.8, 4) is 0 Å². The van der Waals surface area contributed by atoms with Crippen molar-refractivity contribution in [1.82, 2.24) is 0 Å². The van der Waals surface area contributed by atoms with Gasteiger partial charge < -0.3 is 0 Å². The predicted octanol–water partition coefficient (Wildman–Crippen LogP) is 5.94. The molecule has 0 radical (unpaired) electrons. The summed E-state index contributed by atoms with van der Waals surface area (Å²) in [6.07, 6.45) is 5.90. The van der Waals surface area contributed by atoms with Gasteiger partial charge in [-0.05, 0) is 41.1 Å². The Hall–Kier alpha value is -1.13. The first-order valence-electron chi connectivity index (χ1n) is 7.10. The van der Waals surface area contributed by atoms with E-state index in [4.69, 9.17) is 0 Å². The van der Waals surface area contributed by atoms with Gasteiger partial charge in [0.2, 0.25) is 0 Å². The van der Waals surface area contributed by atoms with Gasteiger partial charge in [-0.2, -0.15) is 0 Å². The Labute approximate surface area is 118 Å². The van der Waals surface area contributed by atoms with E-state index in [9.17, 15) is 0 Å². The maximum atomic E-state index is 2.36. The zero-order valence-electron chi connectivity index (χ0n) is 12.3. The molecule has 0 N–H and O–H groups in total. The fourth-order valence-electron chi connectivity index (χ4n) is 2.62. The lowest BCUT2D eigenvalue weighted by Crippen LogP contribution is -1.99. The molecule has 3 rings (SSSR count). The van der Waals surface area contributed by atoms with Crippen LogP contribution in [0.5, 0.6) is 0 Å². The summed E-state index contributed by atoms with van der Waals surface area (Å²) in [5.74, 6) is 0. The van der Waals surface area contributed by atoms with Crippen molar-refractivity contribution in [2.45, 2.75) is 32.9 Å². The molecule has 2 unspecified atom stereocenters. The molecule has 2 aromatic carbocycles. The van der Waals surface area contributed by atoms with Crippen LogP contribution in [0.15, 0.2) is 36.4 Å². The maximum Gasteiger partial charge on any atom is 0.0202 e. The van der Waals surface area contributed by atoms with Crippen LogP contribution in [0.2, 0.25) is 0 Å². The topological polar surface area (TPSA) is 0 Å². The highest BCUT2D eigenvalue weighted by molar-refractivity contribution is 7.37. The molecule has 0 saturated carbocycles. The molecule has 0 aliphatic heterocycles. The number of rotatable bonds is 1. The molecule has 0 nitrogen and oxygen atoms in total. The van der Waals surface area contributed by atoms with E-state index in [1.165, 1.54) is 28.3 Å². The van der Waals surface area contributed by atoms with Crippen LogP contribution in [-0.2, 0) is 0 Å². The van der Waals surface area contributed by atoms with E-state index in [1.807, 2.05) is 0 Å². The average Bonchev–Trinajstić information content (AvgIpc) is 2.43. The molecule has 19 heavy (non-hydrogen) atoms. The van der Waals surface area contributed by atoms with Gasteiger partial charge in [0.05, 0.1) is 0 Å². The van der Waals surface area contributed by atoms with Crippen LogP contribution in [0.25, 0.3) is 16.8 Å². The standard InChI is InChI=1S/C15H15P.C3H8/c1-10-6-7-11-4-3-5-12-8-9-13(16-2)14(10)15(11)12;1-3-2/h3-9,13,16H,1-2H3;3H2,1-2H3. The van der Waals surface area contributed by atoms with Gasteiger partial charge >= 0.3 is 0 Å². The molecule has 1 aliphatic carbocycles. The Balaban J connectivity index is 0.000000408. The normalized spacial score (nSPS) is 16.7. The fraction of sp³-hybridized carbons (Fsp3) is 0.333. The molecular weight excluding hydrogens is 247 g/mol. The van der Waals surface area contributed by atoms with Crippen molar-refractivity contribution in [2.24, 2.45) is 0 Å². The molecule has 0 fully saturated rings. The highest BCUT2D eigenvalue weighted by atomic mass is 31.1. The minimum atomic E-state index is 0.624. The van der Waals surface area contributed by atoms with Crippen molar-refractivity contribution >= 4 is 25.4 Å². The lowest BCUT2D eigenvalue weighted by molar-refractivity contribution is 1.09. The van der Waals surface area contributed by atoms with E-state index >= 15 is 0 Å². The minimum Gasteiger partial charge on any atom is -0.113 e. The van der Waals surface area contributed by atoms with Gasteiger partial charge in [-0.1, -0.05) is 62.8 Å². The molecule has 0 aromatic heterocycles. The van der Waals surface area contributed by atoms with Crippen LogP contribution in [0.4, 0.5) is 0 Å². The van der Waals surface area contributed by atoms with Crippen LogP contribution >= 0.6 is 8.58 Å². The summed E-state index contributed by atoms with van der Waals surface area (Å²) in [5, 5.41) is 2.86. The van der Waals surface area contributed by atoms with Gasteiger partial charge in [0.1, 0.15) is 0 Å². The van der Waals surface area contributed by atoms with Gasteiger partial charge in [0, 0.05) is 5.66 Å². The third kappa shape index (κ3) is 2.74. The second-order valence-corrected chi connectivity index (χ2v) is 6.27. The summed E-state index contributed by atoms with van der Waals surface area (Å²) in [6.45, 7) is 8.78. The molecule has 100 valence electrons. The summed E-state index contributed by atoms with van der Waals surface area (Å²) in [6, 6.07) is 11.1. The van der Waals surface area contributed by atoms with Crippen molar-refractivity contribution in [1.29, 1.82) is 0 Å². The first-order valence-corrected chi connectivity index (χ1v) is 8.68. The van der Waals surface area contributed by atoms with E-state index in [1.54, 1.807) is 5.56 Å². The number of allylic oxidation sites excluding steroid dienone is 1. The highest BCUT2D eigenvalue weighted by Crippen LogP contribution is 2.43. The zero-order chi connectivity index (χ0) is 13.8. The summed E-state index contributed by atoms with van der Waals surface area (Å²) in [5.41, 5.74) is 4.99. The Kier molecular flexibility index (Phi) is 4.77. The largest absolute Gasteiger partial charge is 0.113 e. The van der Waals surface area contributed by atoms with Crippen molar-refractivity contribution in [2.75, 3.05) is 6.66 Å². The maximum absolute atomic E-state index is 2.36. The summed E-state index contributed by atoms with van der Waals surface area (Å²) < 4.78 is 0. The Morgan fingerprint density at radius 1 is 1.11 bits per heavy atom. The number of aryl methyl sites for hydroxylation is 1. The molecule has 0 spiro atoms. The Morgan fingerprint density at radius 3 is 2.53 bits per heavy atom. The molecule has 2 aromatic rings.